The van der Waals surface area contributed by atoms with Gasteiger partial charge in [0.15, 0.2) is 5.76 Å². The molecule has 1 heterocycles. The summed E-state index contributed by atoms with van der Waals surface area (Å²) in [6.07, 6.45) is 5.28. The summed E-state index contributed by atoms with van der Waals surface area (Å²) in [5.41, 5.74) is 0.953. The van der Waals surface area contributed by atoms with Crippen molar-refractivity contribution >= 4 is 0 Å². The van der Waals surface area contributed by atoms with Gasteiger partial charge in [-0.05, 0) is 19.3 Å². The number of rotatable bonds is 8. The van der Waals surface area contributed by atoms with Crippen LogP contribution in [0.15, 0.2) is 23.2 Å². The SMILES string of the molecule is C=CCCOCc1cc(CNC2CC2)no1. The standard InChI is InChI=1S/C12H18N2O2/c1-2-3-6-15-9-12-7-11(14-16-12)8-13-10-4-5-10/h2,7,10,13H,1,3-6,8-9H2. The molecule has 0 radical (unpaired) electrons. The largest absolute Gasteiger partial charge is 0.373 e. The maximum atomic E-state index is 5.39. The van der Waals surface area contributed by atoms with Gasteiger partial charge in [0.25, 0.3) is 0 Å². The van der Waals surface area contributed by atoms with Crippen molar-refractivity contribution in [3.05, 3.63) is 30.2 Å². The predicted octanol–water partition coefficient (Wildman–Crippen LogP) is 2.02. The van der Waals surface area contributed by atoms with Gasteiger partial charge in [-0.1, -0.05) is 11.2 Å². The lowest BCUT2D eigenvalue weighted by Crippen LogP contribution is -2.15. The number of aromatic nitrogens is 1. The fraction of sp³-hybridized carbons (Fsp3) is 0.583. The van der Waals surface area contributed by atoms with Crippen molar-refractivity contribution in [3.63, 3.8) is 0 Å². The van der Waals surface area contributed by atoms with E-state index in [9.17, 15) is 0 Å². The van der Waals surface area contributed by atoms with Crippen LogP contribution >= 0.6 is 0 Å². The number of hydrogen-bond acceptors (Lipinski definition) is 4. The van der Waals surface area contributed by atoms with Crippen LogP contribution in [0.25, 0.3) is 0 Å². The minimum atomic E-state index is 0.490. The first-order chi connectivity index (χ1) is 7.88. The van der Waals surface area contributed by atoms with Crippen LogP contribution in [0, 0.1) is 0 Å². The van der Waals surface area contributed by atoms with E-state index in [4.69, 9.17) is 9.26 Å². The molecule has 0 saturated heterocycles. The van der Waals surface area contributed by atoms with E-state index in [2.05, 4.69) is 17.1 Å². The molecule has 2 rings (SSSR count). The summed E-state index contributed by atoms with van der Waals surface area (Å²) in [7, 11) is 0. The van der Waals surface area contributed by atoms with Crippen LogP contribution in [0.1, 0.15) is 30.7 Å². The molecule has 1 aliphatic carbocycles. The van der Waals surface area contributed by atoms with Gasteiger partial charge in [0, 0.05) is 18.7 Å². The Balaban J connectivity index is 1.66. The van der Waals surface area contributed by atoms with Crippen LogP contribution in [0.4, 0.5) is 0 Å². The van der Waals surface area contributed by atoms with Crippen LogP contribution in [0.3, 0.4) is 0 Å². The highest BCUT2D eigenvalue weighted by Crippen LogP contribution is 2.19. The third-order valence-corrected chi connectivity index (χ3v) is 2.47. The van der Waals surface area contributed by atoms with Gasteiger partial charge in [0.1, 0.15) is 6.61 Å². The Labute approximate surface area is 95.6 Å². The molecule has 1 aromatic rings. The molecule has 16 heavy (non-hydrogen) atoms. The molecule has 0 spiro atoms. The zero-order valence-electron chi connectivity index (χ0n) is 9.45. The molecule has 4 nitrogen and oxygen atoms in total. The lowest BCUT2D eigenvalue weighted by Gasteiger charge is -1.97. The van der Waals surface area contributed by atoms with E-state index in [1.807, 2.05) is 12.1 Å². The molecule has 0 aromatic carbocycles. The quantitative estimate of drug-likeness (QED) is 0.540. The highest BCUT2D eigenvalue weighted by Gasteiger charge is 2.20. The van der Waals surface area contributed by atoms with Gasteiger partial charge in [-0.15, -0.1) is 6.58 Å². The van der Waals surface area contributed by atoms with E-state index < -0.39 is 0 Å². The third kappa shape index (κ3) is 3.79. The third-order valence-electron chi connectivity index (χ3n) is 2.47. The minimum Gasteiger partial charge on any atom is -0.373 e. The van der Waals surface area contributed by atoms with Crippen molar-refractivity contribution in [1.82, 2.24) is 10.5 Å². The van der Waals surface area contributed by atoms with E-state index in [1.165, 1.54) is 12.8 Å². The van der Waals surface area contributed by atoms with Gasteiger partial charge in [-0.3, -0.25) is 0 Å². The summed E-state index contributed by atoms with van der Waals surface area (Å²) in [5.74, 6) is 0.789. The number of hydrogen-bond donors (Lipinski definition) is 1. The normalized spacial score (nSPS) is 15.2. The Hall–Kier alpha value is -1.13. The zero-order valence-corrected chi connectivity index (χ0v) is 9.45. The second-order valence-corrected chi connectivity index (χ2v) is 4.07. The first-order valence-corrected chi connectivity index (χ1v) is 5.75. The molecule has 1 N–H and O–H groups in total. The average molecular weight is 222 g/mol. The van der Waals surface area contributed by atoms with Crippen LogP contribution < -0.4 is 5.32 Å². The molecule has 0 aliphatic heterocycles. The van der Waals surface area contributed by atoms with E-state index in [0.29, 0.717) is 19.3 Å². The Morgan fingerprint density at radius 3 is 3.25 bits per heavy atom. The monoisotopic (exact) mass is 222 g/mol. The molecular weight excluding hydrogens is 204 g/mol. The zero-order chi connectivity index (χ0) is 11.2. The molecule has 0 amide bonds. The second-order valence-electron chi connectivity index (χ2n) is 4.07. The highest BCUT2D eigenvalue weighted by atomic mass is 16.5. The van der Waals surface area contributed by atoms with E-state index in [-0.39, 0.29) is 0 Å². The van der Waals surface area contributed by atoms with Gasteiger partial charge in [0.2, 0.25) is 0 Å². The van der Waals surface area contributed by atoms with Crippen LogP contribution in [0.2, 0.25) is 0 Å². The van der Waals surface area contributed by atoms with Crippen LogP contribution in [-0.2, 0) is 17.9 Å². The second kappa shape index (κ2) is 5.82. The summed E-state index contributed by atoms with van der Waals surface area (Å²) in [4.78, 5) is 0. The molecule has 0 unspecified atom stereocenters. The number of ether oxygens (including phenoxy) is 1. The summed E-state index contributed by atoms with van der Waals surface area (Å²) >= 11 is 0. The van der Waals surface area contributed by atoms with Crippen molar-refractivity contribution in [2.24, 2.45) is 0 Å². The Kier molecular flexibility index (Phi) is 4.13. The van der Waals surface area contributed by atoms with Crippen molar-refractivity contribution < 1.29 is 9.26 Å². The van der Waals surface area contributed by atoms with Crippen molar-refractivity contribution in [2.75, 3.05) is 6.61 Å². The first-order valence-electron chi connectivity index (χ1n) is 5.75. The fourth-order valence-corrected chi connectivity index (χ4v) is 1.38. The molecule has 88 valence electrons. The lowest BCUT2D eigenvalue weighted by atomic mass is 10.3. The van der Waals surface area contributed by atoms with Crippen molar-refractivity contribution in [1.29, 1.82) is 0 Å². The Morgan fingerprint density at radius 1 is 1.62 bits per heavy atom. The van der Waals surface area contributed by atoms with Crippen LogP contribution in [0.5, 0.6) is 0 Å². The predicted molar refractivity (Wildman–Crippen MR) is 60.8 cm³/mol. The van der Waals surface area contributed by atoms with Crippen molar-refractivity contribution in [2.45, 2.75) is 38.5 Å². The first kappa shape index (κ1) is 11.4. The summed E-state index contributed by atoms with van der Waals surface area (Å²) in [6, 6.07) is 2.65. The van der Waals surface area contributed by atoms with Gasteiger partial charge in [0.05, 0.1) is 12.3 Å². The highest BCUT2D eigenvalue weighted by molar-refractivity contribution is 5.04. The van der Waals surface area contributed by atoms with Gasteiger partial charge >= 0.3 is 0 Å². The number of nitrogens with one attached hydrogen (secondary N) is 1. The summed E-state index contributed by atoms with van der Waals surface area (Å²) in [5, 5.41) is 7.36. The molecule has 1 aromatic heterocycles. The van der Waals surface area contributed by atoms with Crippen LogP contribution in [-0.4, -0.2) is 17.8 Å². The molecule has 1 fully saturated rings. The van der Waals surface area contributed by atoms with Crippen molar-refractivity contribution in [3.8, 4) is 0 Å². The summed E-state index contributed by atoms with van der Waals surface area (Å²) < 4.78 is 10.5. The average Bonchev–Trinajstić information content (AvgIpc) is 3.02. The topological polar surface area (TPSA) is 47.3 Å². The summed E-state index contributed by atoms with van der Waals surface area (Å²) in [6.45, 7) is 5.60. The fourth-order valence-electron chi connectivity index (χ4n) is 1.38. The van der Waals surface area contributed by atoms with E-state index >= 15 is 0 Å². The van der Waals surface area contributed by atoms with E-state index in [0.717, 1.165) is 24.4 Å². The smallest absolute Gasteiger partial charge is 0.162 e. The number of nitrogens with zero attached hydrogens (tertiary/aromatic N) is 1. The molecule has 0 atom stereocenters. The van der Waals surface area contributed by atoms with Gasteiger partial charge in [-0.25, -0.2) is 0 Å². The molecule has 1 saturated carbocycles. The van der Waals surface area contributed by atoms with Gasteiger partial charge in [-0.2, -0.15) is 0 Å². The molecular formula is C12H18N2O2. The Bertz CT molecular complexity index is 332. The van der Waals surface area contributed by atoms with Gasteiger partial charge < -0.3 is 14.6 Å². The maximum Gasteiger partial charge on any atom is 0.162 e. The minimum absolute atomic E-state index is 0.490. The molecule has 1 aliphatic rings. The lowest BCUT2D eigenvalue weighted by molar-refractivity contribution is 0.105. The molecule has 0 bridgehead atoms. The Morgan fingerprint density at radius 2 is 2.50 bits per heavy atom. The maximum absolute atomic E-state index is 5.39. The molecule has 4 heteroatoms. The van der Waals surface area contributed by atoms with E-state index in [1.54, 1.807) is 0 Å².